The van der Waals surface area contributed by atoms with Gasteiger partial charge in [-0.3, -0.25) is 0 Å². The second-order valence-electron chi connectivity index (χ2n) is 4.13. The van der Waals surface area contributed by atoms with E-state index in [1.165, 1.54) is 18.1 Å². The van der Waals surface area contributed by atoms with Crippen LogP contribution in [-0.4, -0.2) is 19.0 Å². The summed E-state index contributed by atoms with van der Waals surface area (Å²) < 4.78 is 24.5. The molecule has 0 saturated carbocycles. The van der Waals surface area contributed by atoms with Crippen molar-refractivity contribution in [2.45, 2.75) is 31.7 Å². The summed E-state index contributed by atoms with van der Waals surface area (Å²) in [5.41, 5.74) is 2.67. The number of rotatable bonds is 4. The molecule has 2 unspecified atom stereocenters. The van der Waals surface area contributed by atoms with Gasteiger partial charge in [-0.05, 0) is 24.5 Å². The molecular weight excluding hydrogens is 196 g/mol. The fraction of sp³-hybridized carbons (Fsp3) is 0.500. The Morgan fingerprint density at radius 1 is 1.40 bits per heavy atom. The molecule has 0 bridgehead atoms. The zero-order valence-corrected chi connectivity index (χ0v) is 8.71. The SMILES string of the molecule is CC(NCC1Cc2ccccc21)C(F)F. The Balaban J connectivity index is 1.85. The second kappa shape index (κ2) is 4.27. The minimum Gasteiger partial charge on any atom is -0.308 e. The highest BCUT2D eigenvalue weighted by Crippen LogP contribution is 2.34. The predicted octanol–water partition coefficient (Wildman–Crippen LogP) is 2.57. The van der Waals surface area contributed by atoms with Gasteiger partial charge in [-0.1, -0.05) is 24.3 Å². The van der Waals surface area contributed by atoms with Crippen molar-refractivity contribution in [3.05, 3.63) is 35.4 Å². The Kier molecular flexibility index (Phi) is 3.00. The second-order valence-corrected chi connectivity index (χ2v) is 4.13. The van der Waals surface area contributed by atoms with Crippen molar-refractivity contribution in [3.8, 4) is 0 Å². The van der Waals surface area contributed by atoms with Gasteiger partial charge in [-0.2, -0.15) is 0 Å². The van der Waals surface area contributed by atoms with Crippen molar-refractivity contribution >= 4 is 0 Å². The summed E-state index contributed by atoms with van der Waals surface area (Å²) >= 11 is 0. The molecule has 2 rings (SSSR count). The molecule has 0 fully saturated rings. The van der Waals surface area contributed by atoms with E-state index in [0.717, 1.165) is 6.42 Å². The molecule has 0 spiro atoms. The topological polar surface area (TPSA) is 12.0 Å². The van der Waals surface area contributed by atoms with Crippen molar-refractivity contribution < 1.29 is 8.78 Å². The molecule has 1 nitrogen and oxygen atoms in total. The largest absolute Gasteiger partial charge is 0.308 e. The highest BCUT2D eigenvalue weighted by molar-refractivity contribution is 5.40. The average Bonchev–Trinajstić information content (AvgIpc) is 2.19. The van der Waals surface area contributed by atoms with Crippen LogP contribution in [0.3, 0.4) is 0 Å². The lowest BCUT2D eigenvalue weighted by Crippen LogP contribution is -2.38. The van der Waals surface area contributed by atoms with Crippen molar-refractivity contribution in [2.75, 3.05) is 6.54 Å². The van der Waals surface area contributed by atoms with Crippen LogP contribution in [0.2, 0.25) is 0 Å². The molecule has 1 aromatic rings. The van der Waals surface area contributed by atoms with Crippen molar-refractivity contribution in [1.82, 2.24) is 5.32 Å². The summed E-state index contributed by atoms with van der Waals surface area (Å²) in [6, 6.07) is 7.49. The Morgan fingerprint density at radius 3 is 2.80 bits per heavy atom. The lowest BCUT2D eigenvalue weighted by molar-refractivity contribution is 0.105. The van der Waals surface area contributed by atoms with Gasteiger partial charge in [0, 0.05) is 12.5 Å². The highest BCUT2D eigenvalue weighted by Gasteiger charge is 2.26. The number of fused-ring (bicyclic) bond motifs is 1. The standard InChI is InChI=1S/C12H15F2N/c1-8(12(13)14)15-7-10-6-9-4-2-3-5-11(9)10/h2-5,8,10,12,15H,6-7H2,1H3. The number of nitrogens with one attached hydrogen (secondary N) is 1. The molecule has 0 radical (unpaired) electrons. The van der Waals surface area contributed by atoms with Gasteiger partial charge in [0.15, 0.2) is 0 Å². The van der Waals surface area contributed by atoms with Gasteiger partial charge >= 0.3 is 0 Å². The summed E-state index contributed by atoms with van der Waals surface area (Å²) in [6.07, 6.45) is -1.26. The molecule has 0 heterocycles. The van der Waals surface area contributed by atoms with Crippen LogP contribution in [0.1, 0.15) is 24.0 Å². The maximum absolute atomic E-state index is 12.2. The summed E-state index contributed by atoms with van der Waals surface area (Å²) in [5.74, 6) is 0.419. The van der Waals surface area contributed by atoms with Gasteiger partial charge in [-0.15, -0.1) is 0 Å². The third kappa shape index (κ3) is 2.17. The number of hydrogen-bond donors (Lipinski definition) is 1. The smallest absolute Gasteiger partial charge is 0.253 e. The van der Waals surface area contributed by atoms with Crippen molar-refractivity contribution in [1.29, 1.82) is 0 Å². The number of hydrogen-bond acceptors (Lipinski definition) is 1. The molecule has 0 amide bonds. The summed E-state index contributed by atoms with van der Waals surface area (Å²) in [5, 5.41) is 2.87. The first-order chi connectivity index (χ1) is 7.18. The van der Waals surface area contributed by atoms with E-state index in [-0.39, 0.29) is 0 Å². The number of benzene rings is 1. The molecule has 1 aliphatic carbocycles. The fourth-order valence-corrected chi connectivity index (χ4v) is 1.96. The highest BCUT2D eigenvalue weighted by atomic mass is 19.3. The van der Waals surface area contributed by atoms with Crippen LogP contribution in [0.25, 0.3) is 0 Å². The third-order valence-electron chi connectivity index (χ3n) is 3.03. The summed E-state index contributed by atoms with van der Waals surface area (Å²) in [6.45, 7) is 2.18. The maximum atomic E-state index is 12.2. The maximum Gasteiger partial charge on any atom is 0.253 e. The molecule has 82 valence electrons. The molecule has 15 heavy (non-hydrogen) atoms. The van der Waals surface area contributed by atoms with Gasteiger partial charge in [0.25, 0.3) is 6.43 Å². The van der Waals surface area contributed by atoms with E-state index in [2.05, 4.69) is 17.4 Å². The van der Waals surface area contributed by atoms with Gasteiger partial charge in [0.05, 0.1) is 6.04 Å². The lowest BCUT2D eigenvalue weighted by atomic mass is 9.77. The Labute approximate surface area is 88.5 Å². The van der Waals surface area contributed by atoms with E-state index in [9.17, 15) is 8.78 Å². The molecule has 2 atom stereocenters. The van der Waals surface area contributed by atoms with Gasteiger partial charge in [0.2, 0.25) is 0 Å². The zero-order chi connectivity index (χ0) is 10.8. The Hall–Kier alpha value is -0.960. The van der Waals surface area contributed by atoms with Crippen LogP contribution in [0, 0.1) is 0 Å². The van der Waals surface area contributed by atoms with Crippen LogP contribution in [0.5, 0.6) is 0 Å². The van der Waals surface area contributed by atoms with E-state index < -0.39 is 12.5 Å². The molecule has 0 aliphatic heterocycles. The van der Waals surface area contributed by atoms with Crippen LogP contribution >= 0.6 is 0 Å². The van der Waals surface area contributed by atoms with Crippen LogP contribution in [0.4, 0.5) is 8.78 Å². The van der Waals surface area contributed by atoms with Crippen molar-refractivity contribution in [3.63, 3.8) is 0 Å². The molecule has 1 aliphatic rings. The van der Waals surface area contributed by atoms with Gasteiger partial charge in [0.1, 0.15) is 0 Å². The van der Waals surface area contributed by atoms with E-state index >= 15 is 0 Å². The monoisotopic (exact) mass is 211 g/mol. The van der Waals surface area contributed by atoms with E-state index in [0.29, 0.717) is 12.5 Å². The predicted molar refractivity (Wildman–Crippen MR) is 56.4 cm³/mol. The fourth-order valence-electron chi connectivity index (χ4n) is 1.96. The van der Waals surface area contributed by atoms with Crippen LogP contribution < -0.4 is 5.32 Å². The van der Waals surface area contributed by atoms with Gasteiger partial charge < -0.3 is 5.32 Å². The van der Waals surface area contributed by atoms with Gasteiger partial charge in [-0.25, -0.2) is 8.78 Å². The Bertz CT molecular complexity index is 338. The first-order valence-electron chi connectivity index (χ1n) is 5.28. The molecule has 0 aromatic heterocycles. The third-order valence-corrected chi connectivity index (χ3v) is 3.03. The van der Waals surface area contributed by atoms with Crippen LogP contribution in [0.15, 0.2) is 24.3 Å². The number of halogens is 2. The molecular formula is C12H15F2N. The minimum absolute atomic E-state index is 0.419. The normalized spacial score (nSPS) is 20.9. The number of alkyl halides is 2. The van der Waals surface area contributed by atoms with Crippen molar-refractivity contribution in [2.24, 2.45) is 0 Å². The molecule has 1 aromatic carbocycles. The van der Waals surface area contributed by atoms with E-state index in [1.54, 1.807) is 0 Å². The quantitative estimate of drug-likeness (QED) is 0.807. The molecule has 3 heteroatoms. The van der Waals surface area contributed by atoms with E-state index in [1.807, 2.05) is 12.1 Å². The first-order valence-corrected chi connectivity index (χ1v) is 5.28. The summed E-state index contributed by atoms with van der Waals surface area (Å²) in [4.78, 5) is 0. The molecule has 1 N–H and O–H groups in total. The molecule has 0 saturated heterocycles. The van der Waals surface area contributed by atoms with E-state index in [4.69, 9.17) is 0 Å². The summed E-state index contributed by atoms with van der Waals surface area (Å²) in [7, 11) is 0. The first kappa shape index (κ1) is 10.6. The Morgan fingerprint density at radius 2 is 2.13 bits per heavy atom. The minimum atomic E-state index is -2.28. The lowest BCUT2D eigenvalue weighted by Gasteiger charge is -2.31. The van der Waals surface area contributed by atoms with Crippen LogP contribution in [-0.2, 0) is 6.42 Å². The average molecular weight is 211 g/mol. The zero-order valence-electron chi connectivity index (χ0n) is 8.71.